The van der Waals surface area contributed by atoms with Gasteiger partial charge in [0.1, 0.15) is 11.4 Å². The molecule has 1 amide bonds. The number of halogens is 1. The molecule has 114 valence electrons. The van der Waals surface area contributed by atoms with Gasteiger partial charge in [-0.2, -0.15) is 0 Å². The molecule has 2 rings (SSSR count). The van der Waals surface area contributed by atoms with E-state index in [0.717, 1.165) is 0 Å². The minimum Gasteiger partial charge on any atom is -0.319 e. The summed E-state index contributed by atoms with van der Waals surface area (Å²) >= 11 is 1.36. The number of nitro groups is 1. The van der Waals surface area contributed by atoms with Crippen molar-refractivity contribution in [1.82, 2.24) is 0 Å². The summed E-state index contributed by atoms with van der Waals surface area (Å²) in [5.74, 6) is -1.30. The van der Waals surface area contributed by atoms with Gasteiger partial charge in [0, 0.05) is 11.0 Å². The number of hydrogen-bond acceptors (Lipinski definition) is 4. The number of nitro benzene ring substituents is 1. The van der Waals surface area contributed by atoms with E-state index in [0.29, 0.717) is 10.5 Å². The van der Waals surface area contributed by atoms with Crippen LogP contribution < -0.4 is 5.32 Å². The third-order valence-electron chi connectivity index (χ3n) is 3.02. The second kappa shape index (κ2) is 6.57. The van der Waals surface area contributed by atoms with E-state index in [2.05, 4.69) is 5.32 Å². The Morgan fingerprint density at radius 1 is 1.27 bits per heavy atom. The molecule has 2 aromatic carbocycles. The van der Waals surface area contributed by atoms with Crippen LogP contribution in [-0.2, 0) is 0 Å². The normalized spacial score (nSPS) is 10.3. The van der Waals surface area contributed by atoms with Gasteiger partial charge in [0.05, 0.1) is 10.6 Å². The Balaban J connectivity index is 2.38. The topological polar surface area (TPSA) is 72.2 Å². The summed E-state index contributed by atoms with van der Waals surface area (Å²) in [6.45, 7) is 1.72. The minimum atomic E-state index is -0.717. The van der Waals surface area contributed by atoms with E-state index in [-0.39, 0.29) is 16.9 Å². The first-order valence-corrected chi connectivity index (χ1v) is 7.55. The van der Waals surface area contributed by atoms with Gasteiger partial charge in [-0.25, -0.2) is 4.39 Å². The lowest BCUT2D eigenvalue weighted by atomic mass is 10.1. The Morgan fingerprint density at radius 3 is 2.59 bits per heavy atom. The van der Waals surface area contributed by atoms with Gasteiger partial charge in [0.25, 0.3) is 11.6 Å². The monoisotopic (exact) mass is 320 g/mol. The molecular weight excluding hydrogens is 307 g/mol. The molecule has 0 atom stereocenters. The maximum Gasteiger partial charge on any atom is 0.282 e. The van der Waals surface area contributed by atoms with Crippen molar-refractivity contribution in [3.63, 3.8) is 0 Å². The third kappa shape index (κ3) is 3.43. The first-order chi connectivity index (χ1) is 10.4. The number of thioether (sulfide) groups is 1. The highest BCUT2D eigenvalue weighted by molar-refractivity contribution is 7.98. The molecule has 0 heterocycles. The van der Waals surface area contributed by atoms with Gasteiger partial charge in [-0.1, -0.05) is 6.07 Å². The number of amides is 1. The average molecular weight is 320 g/mol. The van der Waals surface area contributed by atoms with Gasteiger partial charge in [-0.3, -0.25) is 14.9 Å². The van der Waals surface area contributed by atoms with Crippen molar-refractivity contribution >= 4 is 29.0 Å². The summed E-state index contributed by atoms with van der Waals surface area (Å²) in [6.07, 6.45) is 1.79. The second-order valence-electron chi connectivity index (χ2n) is 4.58. The number of rotatable bonds is 4. The van der Waals surface area contributed by atoms with Crippen molar-refractivity contribution in [3.8, 4) is 0 Å². The number of benzene rings is 2. The number of anilines is 1. The highest BCUT2D eigenvalue weighted by Crippen LogP contribution is 2.26. The van der Waals surface area contributed by atoms with Crippen LogP contribution in [0.25, 0.3) is 0 Å². The lowest BCUT2D eigenvalue weighted by molar-refractivity contribution is -0.385. The Morgan fingerprint density at radius 2 is 2.00 bits per heavy atom. The predicted molar refractivity (Wildman–Crippen MR) is 84.0 cm³/mol. The molecule has 0 aliphatic heterocycles. The van der Waals surface area contributed by atoms with Crippen molar-refractivity contribution in [2.24, 2.45) is 0 Å². The number of nitrogens with zero attached hydrogens (tertiary/aromatic N) is 1. The molecule has 0 fully saturated rings. The largest absolute Gasteiger partial charge is 0.319 e. The molecule has 0 saturated carbocycles. The van der Waals surface area contributed by atoms with Crippen molar-refractivity contribution < 1.29 is 14.1 Å². The van der Waals surface area contributed by atoms with Crippen molar-refractivity contribution in [3.05, 3.63) is 63.5 Å². The van der Waals surface area contributed by atoms with E-state index < -0.39 is 16.6 Å². The maximum absolute atomic E-state index is 13.8. The molecule has 7 heteroatoms. The van der Waals surface area contributed by atoms with Crippen LogP contribution in [0.4, 0.5) is 15.8 Å². The van der Waals surface area contributed by atoms with Crippen LogP contribution in [0.5, 0.6) is 0 Å². The Labute approximate surface area is 130 Å². The molecule has 5 nitrogen and oxygen atoms in total. The van der Waals surface area contributed by atoms with Gasteiger partial charge in [-0.15, -0.1) is 11.8 Å². The zero-order valence-electron chi connectivity index (χ0n) is 11.9. The second-order valence-corrected chi connectivity index (χ2v) is 5.46. The summed E-state index contributed by atoms with van der Waals surface area (Å²) in [5, 5.41) is 13.4. The number of nitrogens with one attached hydrogen (secondary N) is 1. The summed E-state index contributed by atoms with van der Waals surface area (Å²) in [7, 11) is 0. The van der Waals surface area contributed by atoms with Crippen LogP contribution in [0.2, 0.25) is 0 Å². The molecule has 0 radical (unpaired) electrons. The molecule has 0 spiro atoms. The highest BCUT2D eigenvalue weighted by atomic mass is 32.2. The number of aryl methyl sites for hydroxylation is 1. The molecule has 0 aliphatic rings. The molecule has 2 aromatic rings. The number of carbonyl (C=O) groups is 1. The Bertz CT molecular complexity index is 750. The average Bonchev–Trinajstić information content (AvgIpc) is 2.49. The summed E-state index contributed by atoms with van der Waals surface area (Å²) < 4.78 is 13.8. The third-order valence-corrected chi connectivity index (χ3v) is 3.74. The molecule has 0 unspecified atom stereocenters. The van der Waals surface area contributed by atoms with E-state index in [9.17, 15) is 19.3 Å². The molecule has 0 aliphatic carbocycles. The highest BCUT2D eigenvalue weighted by Gasteiger charge is 2.21. The van der Waals surface area contributed by atoms with E-state index in [1.807, 2.05) is 0 Å². The first kappa shape index (κ1) is 16.0. The quantitative estimate of drug-likeness (QED) is 0.525. The summed E-state index contributed by atoms with van der Waals surface area (Å²) in [4.78, 5) is 23.4. The molecular formula is C15H13FN2O3S. The van der Waals surface area contributed by atoms with Crippen LogP contribution in [-0.4, -0.2) is 17.1 Å². The number of carbonyl (C=O) groups excluding carboxylic acids is 1. The van der Waals surface area contributed by atoms with E-state index >= 15 is 0 Å². The molecule has 0 bridgehead atoms. The van der Waals surface area contributed by atoms with Crippen molar-refractivity contribution in [1.29, 1.82) is 0 Å². The van der Waals surface area contributed by atoms with Gasteiger partial charge < -0.3 is 5.32 Å². The molecule has 1 N–H and O–H groups in total. The smallest absolute Gasteiger partial charge is 0.282 e. The van der Waals surface area contributed by atoms with Gasteiger partial charge in [0.15, 0.2) is 0 Å². The van der Waals surface area contributed by atoms with Crippen LogP contribution in [0.15, 0.2) is 41.3 Å². The Hall–Kier alpha value is -2.41. The Kier molecular flexibility index (Phi) is 4.77. The van der Waals surface area contributed by atoms with Gasteiger partial charge in [0.2, 0.25) is 0 Å². The van der Waals surface area contributed by atoms with Crippen molar-refractivity contribution in [2.75, 3.05) is 11.6 Å². The molecule has 0 saturated heterocycles. The van der Waals surface area contributed by atoms with Crippen molar-refractivity contribution in [2.45, 2.75) is 11.8 Å². The standard InChI is InChI=1S/C15H13FN2O3S/c1-9-3-5-13(12(16)7-9)17-15(19)11-8-10(22-2)4-6-14(11)18(20)21/h3-8H,1-2H3,(H,17,19). The molecule has 0 aromatic heterocycles. The minimum absolute atomic E-state index is 0.0144. The van der Waals surface area contributed by atoms with Crippen LogP contribution in [0.1, 0.15) is 15.9 Å². The summed E-state index contributed by atoms with van der Waals surface area (Å²) in [6, 6.07) is 8.60. The zero-order valence-corrected chi connectivity index (χ0v) is 12.7. The predicted octanol–water partition coefficient (Wildman–Crippen LogP) is 4.02. The van der Waals surface area contributed by atoms with E-state index in [4.69, 9.17) is 0 Å². The summed E-state index contributed by atoms with van der Waals surface area (Å²) in [5.41, 5.74) is 0.282. The van der Waals surface area contributed by atoms with E-state index in [1.165, 1.54) is 36.0 Å². The maximum atomic E-state index is 13.8. The van der Waals surface area contributed by atoms with Crippen LogP contribution in [0.3, 0.4) is 0 Å². The van der Waals surface area contributed by atoms with E-state index in [1.54, 1.807) is 25.3 Å². The van der Waals surface area contributed by atoms with Gasteiger partial charge in [-0.05, 0) is 43.0 Å². The van der Waals surface area contributed by atoms with Crippen LogP contribution in [0, 0.1) is 22.9 Å². The molecule has 22 heavy (non-hydrogen) atoms. The fraction of sp³-hybridized carbons (Fsp3) is 0.133. The van der Waals surface area contributed by atoms with Gasteiger partial charge >= 0.3 is 0 Å². The lowest BCUT2D eigenvalue weighted by Crippen LogP contribution is -2.15. The van der Waals surface area contributed by atoms with Crippen LogP contribution >= 0.6 is 11.8 Å². The zero-order chi connectivity index (χ0) is 16.3. The fourth-order valence-electron chi connectivity index (χ4n) is 1.89. The number of hydrogen-bond donors (Lipinski definition) is 1. The lowest BCUT2D eigenvalue weighted by Gasteiger charge is -2.08. The SMILES string of the molecule is CSc1ccc([N+](=O)[O-])c(C(=O)Nc2ccc(C)cc2F)c1. The first-order valence-electron chi connectivity index (χ1n) is 6.32. The fourth-order valence-corrected chi connectivity index (χ4v) is 2.33.